The molecule has 6 rings (SSSR count). The standard InChI is InChI=1S/C25H24ClN4O9PS2/c1-14-6-8-15(9-7-14)42(33,34)11-10-35-23-19-22(28-25(32)29-23)30(13-27-19)24-20(31)21-18(37-24)12-36-40(41,39-21)38-17-5-3-2-4-16(17)26/h2-9,13,18,20-21,24,31H,10-12H2,1H3,(H,28,29,32)/t18-,20?,21?,24-,40?/m1/s1. The zero-order chi connectivity index (χ0) is 29.6. The van der Waals surface area contributed by atoms with E-state index in [1.165, 1.54) is 23.0 Å². The van der Waals surface area contributed by atoms with Crippen LogP contribution in [0.5, 0.6) is 11.6 Å². The summed E-state index contributed by atoms with van der Waals surface area (Å²) in [6.45, 7) is -1.78. The quantitative estimate of drug-likeness (QED) is 0.267. The Balaban J connectivity index is 1.19. The number of ether oxygens (including phenoxy) is 2. The maximum atomic E-state index is 12.7. The third-order valence-corrected chi connectivity index (χ3v) is 10.9. The van der Waals surface area contributed by atoms with Crippen LogP contribution in [0.15, 0.2) is 64.5 Å². The summed E-state index contributed by atoms with van der Waals surface area (Å²) >= 11 is 11.7. The summed E-state index contributed by atoms with van der Waals surface area (Å²) in [5.74, 6) is -0.226. The first kappa shape index (κ1) is 29.2. The summed E-state index contributed by atoms with van der Waals surface area (Å²) in [7, 11) is -3.64. The molecule has 4 heterocycles. The fourth-order valence-electron chi connectivity index (χ4n) is 4.57. The lowest BCUT2D eigenvalue weighted by atomic mass is 10.1. The number of sulfone groups is 1. The minimum atomic E-state index is -3.64. The lowest BCUT2D eigenvalue weighted by Gasteiger charge is -2.33. The molecule has 0 saturated carbocycles. The molecule has 17 heteroatoms. The fraction of sp³-hybridized carbons (Fsp3) is 0.320. The molecular formula is C25H24ClN4O9PS2. The van der Waals surface area contributed by atoms with Crippen molar-refractivity contribution in [3.63, 3.8) is 0 Å². The summed E-state index contributed by atoms with van der Waals surface area (Å²) in [5.41, 5.74) is 0.439. The number of para-hydroxylation sites is 1. The maximum absolute atomic E-state index is 12.7. The summed E-state index contributed by atoms with van der Waals surface area (Å²) in [6.07, 6.45) is -2.59. The number of aromatic nitrogens is 4. The number of benzene rings is 2. The zero-order valence-electron chi connectivity index (χ0n) is 21.8. The lowest BCUT2D eigenvalue weighted by molar-refractivity contribution is -0.0585. The smallest absolute Gasteiger partial charge is 0.381 e. The molecule has 5 atom stereocenters. The number of rotatable bonds is 8. The molecule has 0 radical (unpaired) electrons. The molecule has 2 aliphatic rings. The second-order valence-electron chi connectivity index (χ2n) is 9.57. The van der Waals surface area contributed by atoms with Crippen molar-refractivity contribution < 1.29 is 36.6 Å². The van der Waals surface area contributed by atoms with Gasteiger partial charge in [0, 0.05) is 11.8 Å². The van der Waals surface area contributed by atoms with Gasteiger partial charge in [0.15, 0.2) is 21.6 Å². The van der Waals surface area contributed by atoms with E-state index in [-0.39, 0.29) is 46.7 Å². The second-order valence-corrected chi connectivity index (χ2v) is 15.0. The Kier molecular flexibility index (Phi) is 7.87. The van der Waals surface area contributed by atoms with Gasteiger partial charge >= 0.3 is 12.4 Å². The Morgan fingerprint density at radius 1 is 1.24 bits per heavy atom. The molecule has 4 aromatic rings. The first-order chi connectivity index (χ1) is 20.0. The van der Waals surface area contributed by atoms with Crippen molar-refractivity contribution in [1.82, 2.24) is 19.5 Å². The van der Waals surface area contributed by atoms with Crippen LogP contribution in [0.4, 0.5) is 0 Å². The molecule has 3 unspecified atom stereocenters. The van der Waals surface area contributed by atoms with E-state index in [1.807, 2.05) is 6.92 Å². The highest BCUT2D eigenvalue weighted by Gasteiger charge is 2.52. The van der Waals surface area contributed by atoms with Gasteiger partial charge in [-0.15, -0.1) is 0 Å². The average molecular weight is 655 g/mol. The van der Waals surface area contributed by atoms with Gasteiger partial charge in [0.05, 0.1) is 28.6 Å². The topological polar surface area (TPSA) is 164 Å². The van der Waals surface area contributed by atoms with Gasteiger partial charge in [-0.1, -0.05) is 41.4 Å². The molecule has 2 saturated heterocycles. The largest absolute Gasteiger partial charge is 0.475 e. The van der Waals surface area contributed by atoms with E-state index in [9.17, 15) is 18.3 Å². The van der Waals surface area contributed by atoms with Crippen LogP contribution in [0, 0.1) is 6.92 Å². The van der Waals surface area contributed by atoms with Crippen LogP contribution in [0.25, 0.3) is 11.2 Å². The van der Waals surface area contributed by atoms with Crippen molar-refractivity contribution >= 4 is 51.1 Å². The monoisotopic (exact) mass is 654 g/mol. The second kappa shape index (κ2) is 11.3. The number of hydrogen-bond acceptors (Lipinski definition) is 12. The molecule has 2 fully saturated rings. The van der Waals surface area contributed by atoms with Crippen molar-refractivity contribution in [2.45, 2.75) is 36.4 Å². The molecule has 0 aliphatic carbocycles. The molecule has 0 bridgehead atoms. The Morgan fingerprint density at radius 3 is 2.76 bits per heavy atom. The Morgan fingerprint density at radius 2 is 2.00 bits per heavy atom. The van der Waals surface area contributed by atoms with Gasteiger partial charge in [0.25, 0.3) is 0 Å². The highest BCUT2D eigenvalue weighted by molar-refractivity contribution is 8.07. The van der Waals surface area contributed by atoms with Crippen molar-refractivity contribution in [3.05, 3.63) is 75.9 Å². The number of fused-ring (bicyclic) bond motifs is 2. The van der Waals surface area contributed by atoms with E-state index in [4.69, 9.17) is 46.5 Å². The van der Waals surface area contributed by atoms with Crippen molar-refractivity contribution in [2.75, 3.05) is 19.0 Å². The van der Waals surface area contributed by atoms with E-state index in [2.05, 4.69) is 15.0 Å². The molecule has 2 aromatic carbocycles. The first-order valence-electron chi connectivity index (χ1n) is 12.6. The van der Waals surface area contributed by atoms with E-state index >= 15 is 0 Å². The SMILES string of the molecule is Cc1ccc(S(=O)(=O)CCOc2nc(=O)[nH]c3c2ncn3[C@@H]2O[C@@H]3COP(=S)(Oc4ccccc4Cl)OC3C2O)cc1. The molecule has 2 aromatic heterocycles. The first-order valence-corrected chi connectivity index (χ1v) is 17.2. The average Bonchev–Trinajstić information content (AvgIpc) is 3.50. The summed E-state index contributed by atoms with van der Waals surface area (Å²) in [6, 6.07) is 13.2. The van der Waals surface area contributed by atoms with Gasteiger partial charge in [0.1, 0.15) is 36.3 Å². The van der Waals surface area contributed by atoms with Crippen LogP contribution in [-0.4, -0.2) is 70.3 Å². The van der Waals surface area contributed by atoms with Gasteiger partial charge in [0.2, 0.25) is 5.88 Å². The molecule has 2 aliphatic heterocycles. The normalized spacial score (nSPS) is 25.8. The van der Waals surface area contributed by atoms with Crippen LogP contribution >= 0.6 is 18.3 Å². The number of aryl methyl sites for hydroxylation is 1. The van der Waals surface area contributed by atoms with Gasteiger partial charge in [-0.05, 0) is 31.2 Å². The van der Waals surface area contributed by atoms with E-state index < -0.39 is 46.8 Å². The molecule has 13 nitrogen and oxygen atoms in total. The molecule has 222 valence electrons. The van der Waals surface area contributed by atoms with Crippen molar-refractivity contribution in [2.24, 2.45) is 0 Å². The Bertz CT molecular complexity index is 1850. The van der Waals surface area contributed by atoms with Crippen LogP contribution in [0.1, 0.15) is 11.8 Å². The minimum Gasteiger partial charge on any atom is -0.475 e. The van der Waals surface area contributed by atoms with Gasteiger partial charge in [-0.2, -0.15) is 4.98 Å². The number of nitrogens with one attached hydrogen (secondary N) is 1. The Hall–Kier alpha value is -2.88. The van der Waals surface area contributed by atoms with E-state index in [1.54, 1.807) is 36.4 Å². The number of aliphatic hydroxyl groups excluding tert-OH is 1. The number of H-pyrrole nitrogens is 1. The molecular weight excluding hydrogens is 631 g/mol. The highest BCUT2D eigenvalue weighted by Crippen LogP contribution is 2.57. The Labute approximate surface area is 249 Å². The van der Waals surface area contributed by atoms with Gasteiger partial charge in [-0.3, -0.25) is 18.6 Å². The van der Waals surface area contributed by atoms with Crippen LogP contribution in [0.3, 0.4) is 0 Å². The van der Waals surface area contributed by atoms with Crippen molar-refractivity contribution in [1.29, 1.82) is 0 Å². The van der Waals surface area contributed by atoms with Crippen molar-refractivity contribution in [3.8, 4) is 11.6 Å². The third kappa shape index (κ3) is 5.71. The minimum absolute atomic E-state index is 0.0194. The van der Waals surface area contributed by atoms with Gasteiger partial charge in [-0.25, -0.2) is 18.2 Å². The number of aliphatic hydroxyl groups is 1. The van der Waals surface area contributed by atoms with Crippen LogP contribution in [-0.2, 0) is 35.4 Å². The molecule has 0 amide bonds. The summed E-state index contributed by atoms with van der Waals surface area (Å²) in [5, 5.41) is 11.5. The van der Waals surface area contributed by atoms with Crippen LogP contribution in [0.2, 0.25) is 5.02 Å². The number of halogens is 1. The maximum Gasteiger partial charge on any atom is 0.381 e. The number of nitrogens with zero attached hydrogens (tertiary/aromatic N) is 3. The van der Waals surface area contributed by atoms with E-state index in [0.717, 1.165) is 5.56 Å². The molecule has 0 spiro atoms. The zero-order valence-corrected chi connectivity index (χ0v) is 25.1. The fourth-order valence-corrected chi connectivity index (χ4v) is 8.05. The predicted molar refractivity (Wildman–Crippen MR) is 154 cm³/mol. The lowest BCUT2D eigenvalue weighted by Crippen LogP contribution is -2.39. The number of aromatic amines is 1. The van der Waals surface area contributed by atoms with Crippen LogP contribution < -0.4 is 15.0 Å². The predicted octanol–water partition coefficient (Wildman–Crippen LogP) is 2.91. The summed E-state index contributed by atoms with van der Waals surface area (Å²) < 4.78 is 55.8. The number of imidazole rings is 1. The molecule has 42 heavy (non-hydrogen) atoms. The highest BCUT2D eigenvalue weighted by atomic mass is 35.5. The number of hydrogen-bond donors (Lipinski definition) is 2. The molecule has 2 N–H and O–H groups in total. The van der Waals surface area contributed by atoms with Gasteiger partial charge < -0.3 is 19.1 Å². The third-order valence-electron chi connectivity index (χ3n) is 6.67. The summed E-state index contributed by atoms with van der Waals surface area (Å²) in [4.78, 5) is 23.2. The van der Waals surface area contributed by atoms with E-state index in [0.29, 0.717) is 5.02 Å².